The van der Waals surface area contributed by atoms with Crippen molar-refractivity contribution in [2.24, 2.45) is 0 Å². The molecular weight excluding hydrogens is 284 g/mol. The molecular formula is C13H13BrOS. The van der Waals surface area contributed by atoms with Gasteiger partial charge < -0.3 is 5.11 Å². The zero-order valence-corrected chi connectivity index (χ0v) is 11.6. The summed E-state index contributed by atoms with van der Waals surface area (Å²) in [6.07, 6.45) is 0. The summed E-state index contributed by atoms with van der Waals surface area (Å²) in [5, 5.41) is 12.6. The summed E-state index contributed by atoms with van der Waals surface area (Å²) in [6.45, 7) is 3.87. The van der Waals surface area contributed by atoms with Gasteiger partial charge in [-0.05, 0) is 43.0 Å². The van der Waals surface area contributed by atoms with E-state index in [1.54, 1.807) is 11.3 Å². The highest BCUT2D eigenvalue weighted by Gasteiger charge is 2.27. The first-order valence-corrected chi connectivity index (χ1v) is 6.72. The Morgan fingerprint density at radius 3 is 2.62 bits per heavy atom. The molecule has 0 aliphatic rings. The molecule has 0 saturated carbocycles. The maximum absolute atomic E-state index is 10.6. The lowest BCUT2D eigenvalue weighted by Gasteiger charge is -2.24. The number of hydrogen-bond donors (Lipinski definition) is 1. The van der Waals surface area contributed by atoms with Crippen LogP contribution in [0.3, 0.4) is 0 Å². The Morgan fingerprint density at radius 2 is 2.06 bits per heavy atom. The number of rotatable bonds is 2. The molecule has 0 fully saturated rings. The van der Waals surface area contributed by atoms with Crippen molar-refractivity contribution in [2.45, 2.75) is 19.4 Å². The maximum Gasteiger partial charge on any atom is 0.113 e. The van der Waals surface area contributed by atoms with Crippen LogP contribution in [0.15, 0.2) is 40.2 Å². The fourth-order valence-corrected chi connectivity index (χ4v) is 3.04. The van der Waals surface area contributed by atoms with Crippen LogP contribution in [0, 0.1) is 6.92 Å². The number of aliphatic hydroxyl groups is 1. The highest BCUT2D eigenvalue weighted by molar-refractivity contribution is 9.10. The van der Waals surface area contributed by atoms with E-state index in [1.165, 1.54) is 0 Å². The van der Waals surface area contributed by atoms with Gasteiger partial charge >= 0.3 is 0 Å². The van der Waals surface area contributed by atoms with Crippen molar-refractivity contribution in [1.29, 1.82) is 0 Å². The summed E-state index contributed by atoms with van der Waals surface area (Å²) in [4.78, 5) is 1.16. The van der Waals surface area contributed by atoms with Crippen LogP contribution in [0.5, 0.6) is 0 Å². The molecule has 1 heterocycles. The molecule has 3 heteroatoms. The SMILES string of the molecule is Cc1sccc1C(C)(O)c1cccc(Br)c1. The van der Waals surface area contributed by atoms with Gasteiger partial charge in [0.1, 0.15) is 5.60 Å². The van der Waals surface area contributed by atoms with Gasteiger partial charge in [-0.25, -0.2) is 0 Å². The van der Waals surface area contributed by atoms with Gasteiger partial charge in [0.25, 0.3) is 0 Å². The van der Waals surface area contributed by atoms with Gasteiger partial charge in [0.2, 0.25) is 0 Å². The molecule has 0 aliphatic heterocycles. The van der Waals surface area contributed by atoms with E-state index in [4.69, 9.17) is 0 Å². The number of aryl methyl sites for hydroxylation is 1. The third kappa shape index (κ3) is 2.08. The average Bonchev–Trinajstić information content (AvgIpc) is 2.65. The van der Waals surface area contributed by atoms with Gasteiger partial charge in [-0.3, -0.25) is 0 Å². The lowest BCUT2D eigenvalue weighted by atomic mass is 9.89. The fraction of sp³-hybridized carbons (Fsp3) is 0.231. The van der Waals surface area contributed by atoms with Crippen molar-refractivity contribution in [1.82, 2.24) is 0 Å². The van der Waals surface area contributed by atoms with E-state index in [9.17, 15) is 5.11 Å². The molecule has 1 unspecified atom stereocenters. The van der Waals surface area contributed by atoms with Crippen molar-refractivity contribution in [3.05, 3.63) is 56.2 Å². The van der Waals surface area contributed by atoms with Crippen LogP contribution in [0.2, 0.25) is 0 Å². The molecule has 0 saturated heterocycles. The Balaban J connectivity index is 2.51. The quantitative estimate of drug-likeness (QED) is 0.885. The van der Waals surface area contributed by atoms with Crippen molar-refractivity contribution in [3.63, 3.8) is 0 Å². The third-order valence-corrected chi connectivity index (χ3v) is 4.11. The van der Waals surface area contributed by atoms with Crippen LogP contribution in [0.25, 0.3) is 0 Å². The molecule has 16 heavy (non-hydrogen) atoms. The van der Waals surface area contributed by atoms with Gasteiger partial charge in [0.05, 0.1) is 0 Å². The van der Waals surface area contributed by atoms with E-state index in [0.717, 1.165) is 20.5 Å². The second-order valence-corrected chi connectivity index (χ2v) is 6.01. The number of halogens is 1. The minimum absolute atomic E-state index is 0.906. The lowest BCUT2D eigenvalue weighted by Crippen LogP contribution is -2.22. The largest absolute Gasteiger partial charge is 0.381 e. The van der Waals surface area contributed by atoms with Crippen LogP contribution in [-0.2, 0) is 5.60 Å². The first-order chi connectivity index (χ1) is 7.51. The van der Waals surface area contributed by atoms with Crippen LogP contribution in [-0.4, -0.2) is 5.11 Å². The van der Waals surface area contributed by atoms with Crippen LogP contribution in [0.4, 0.5) is 0 Å². The summed E-state index contributed by atoms with van der Waals surface area (Å²) in [5.74, 6) is 0. The van der Waals surface area contributed by atoms with Gasteiger partial charge in [-0.2, -0.15) is 0 Å². The molecule has 0 spiro atoms. The zero-order valence-electron chi connectivity index (χ0n) is 9.20. The van der Waals surface area contributed by atoms with E-state index >= 15 is 0 Å². The molecule has 2 aromatic rings. The van der Waals surface area contributed by atoms with Crippen molar-refractivity contribution >= 4 is 27.3 Å². The van der Waals surface area contributed by atoms with Crippen LogP contribution >= 0.6 is 27.3 Å². The second kappa shape index (κ2) is 4.32. The van der Waals surface area contributed by atoms with E-state index < -0.39 is 5.60 Å². The third-order valence-electron chi connectivity index (χ3n) is 2.77. The predicted octanol–water partition coefficient (Wildman–Crippen LogP) is 4.07. The Morgan fingerprint density at radius 1 is 1.31 bits per heavy atom. The summed E-state index contributed by atoms with van der Waals surface area (Å²) < 4.78 is 0.984. The van der Waals surface area contributed by atoms with Crippen molar-refractivity contribution < 1.29 is 5.11 Å². The average molecular weight is 297 g/mol. The van der Waals surface area contributed by atoms with Crippen molar-refractivity contribution in [2.75, 3.05) is 0 Å². The van der Waals surface area contributed by atoms with E-state index in [-0.39, 0.29) is 0 Å². The molecule has 1 aromatic heterocycles. The highest BCUT2D eigenvalue weighted by Crippen LogP contribution is 2.34. The summed E-state index contributed by atoms with van der Waals surface area (Å²) in [7, 11) is 0. The standard InChI is InChI=1S/C13H13BrOS/c1-9-12(6-7-16-9)13(2,15)10-4-3-5-11(14)8-10/h3-8,15H,1-2H3. The topological polar surface area (TPSA) is 20.2 Å². The predicted molar refractivity (Wildman–Crippen MR) is 71.9 cm³/mol. The van der Waals surface area contributed by atoms with Crippen molar-refractivity contribution in [3.8, 4) is 0 Å². The molecule has 0 radical (unpaired) electrons. The summed E-state index contributed by atoms with van der Waals surface area (Å²) in [5.41, 5.74) is 0.965. The first-order valence-electron chi connectivity index (χ1n) is 5.05. The molecule has 1 nitrogen and oxygen atoms in total. The molecule has 0 aliphatic carbocycles. The lowest BCUT2D eigenvalue weighted by molar-refractivity contribution is 0.102. The molecule has 1 atom stereocenters. The van der Waals surface area contributed by atoms with Crippen LogP contribution in [0.1, 0.15) is 22.9 Å². The van der Waals surface area contributed by atoms with Gasteiger partial charge in [0.15, 0.2) is 0 Å². The van der Waals surface area contributed by atoms with Crippen LogP contribution < -0.4 is 0 Å². The molecule has 1 aromatic carbocycles. The van der Waals surface area contributed by atoms with Gasteiger partial charge in [-0.15, -0.1) is 11.3 Å². The van der Waals surface area contributed by atoms with E-state index in [2.05, 4.69) is 15.9 Å². The number of thiophene rings is 1. The first kappa shape index (κ1) is 11.8. The smallest absolute Gasteiger partial charge is 0.113 e. The Kier molecular flexibility index (Phi) is 3.19. The minimum atomic E-state index is -0.923. The van der Waals surface area contributed by atoms with E-state index in [0.29, 0.717) is 0 Å². The Hall–Kier alpha value is -0.640. The number of benzene rings is 1. The minimum Gasteiger partial charge on any atom is -0.381 e. The maximum atomic E-state index is 10.6. The van der Waals surface area contributed by atoms with Gasteiger partial charge in [0, 0.05) is 14.9 Å². The molecule has 0 bridgehead atoms. The molecule has 2 rings (SSSR count). The Bertz CT molecular complexity index is 502. The summed E-state index contributed by atoms with van der Waals surface area (Å²) in [6, 6.07) is 9.79. The monoisotopic (exact) mass is 296 g/mol. The zero-order chi connectivity index (χ0) is 11.8. The summed E-state index contributed by atoms with van der Waals surface area (Å²) >= 11 is 5.09. The molecule has 84 valence electrons. The van der Waals surface area contributed by atoms with Gasteiger partial charge in [-0.1, -0.05) is 28.1 Å². The second-order valence-electron chi connectivity index (χ2n) is 3.97. The normalized spacial score (nSPS) is 14.8. The molecule has 0 amide bonds. The Labute approximate surface area is 108 Å². The fourth-order valence-electron chi connectivity index (χ4n) is 1.84. The number of hydrogen-bond acceptors (Lipinski definition) is 2. The van der Waals surface area contributed by atoms with E-state index in [1.807, 2.05) is 49.6 Å². The highest BCUT2D eigenvalue weighted by atomic mass is 79.9. The molecule has 1 N–H and O–H groups in total.